The van der Waals surface area contributed by atoms with E-state index in [2.05, 4.69) is 77.5 Å². The molecule has 2 aliphatic rings. The fourth-order valence-corrected chi connectivity index (χ4v) is 6.07. The van der Waals surface area contributed by atoms with Gasteiger partial charge < -0.3 is 15.1 Å². The van der Waals surface area contributed by atoms with Gasteiger partial charge in [0, 0.05) is 50.8 Å². The number of aromatic nitrogens is 1. The Hall–Kier alpha value is -2.64. The number of nitrogens with one attached hydrogen (secondary N) is 1. The number of likely N-dealkylation sites (tertiary alicyclic amines) is 1. The van der Waals surface area contributed by atoms with E-state index < -0.39 is 0 Å². The van der Waals surface area contributed by atoms with Crippen LogP contribution in [0.5, 0.6) is 0 Å². The lowest BCUT2D eigenvalue weighted by Gasteiger charge is -2.44. The van der Waals surface area contributed by atoms with E-state index in [1.165, 1.54) is 10.3 Å². The van der Waals surface area contributed by atoms with Gasteiger partial charge in [0.25, 0.3) is 0 Å². The lowest BCUT2D eigenvalue weighted by Crippen LogP contribution is -2.61. The first-order valence-electron chi connectivity index (χ1n) is 12.0. The lowest BCUT2D eigenvalue weighted by atomic mass is 10.0. The number of hydrogen-bond acceptors (Lipinski definition) is 5. The van der Waals surface area contributed by atoms with Crippen molar-refractivity contribution in [3.8, 4) is 0 Å². The Morgan fingerprint density at radius 1 is 1.00 bits per heavy atom. The van der Waals surface area contributed by atoms with Gasteiger partial charge in [0.15, 0.2) is 5.13 Å². The van der Waals surface area contributed by atoms with E-state index in [9.17, 15) is 4.79 Å². The van der Waals surface area contributed by atoms with Crippen LogP contribution in [0.2, 0.25) is 0 Å². The van der Waals surface area contributed by atoms with Crippen molar-refractivity contribution in [2.24, 2.45) is 0 Å². The minimum Gasteiger partial charge on any atom is -0.342 e. The highest BCUT2D eigenvalue weighted by Crippen LogP contribution is 2.32. The number of piperazine rings is 1. The van der Waals surface area contributed by atoms with E-state index in [1.807, 2.05) is 11.0 Å². The van der Waals surface area contributed by atoms with Crippen LogP contribution in [-0.2, 0) is 6.54 Å². The molecule has 2 aliphatic heterocycles. The number of amides is 2. The van der Waals surface area contributed by atoms with Crippen LogP contribution in [0, 0.1) is 0 Å². The first-order valence-corrected chi connectivity index (χ1v) is 12.8. The van der Waals surface area contributed by atoms with Crippen LogP contribution >= 0.6 is 11.3 Å². The van der Waals surface area contributed by atoms with Crippen LogP contribution in [0.3, 0.4) is 0 Å². The number of carbonyl (C=O) groups excluding carboxylic acids is 1. The first-order chi connectivity index (χ1) is 16.1. The van der Waals surface area contributed by atoms with Crippen LogP contribution < -0.4 is 10.2 Å². The molecule has 0 saturated carbocycles. The highest BCUT2D eigenvalue weighted by atomic mass is 32.1. The number of rotatable bonds is 4. The lowest BCUT2D eigenvalue weighted by molar-refractivity contribution is 0.145. The molecule has 6 nitrogen and oxygen atoms in total. The van der Waals surface area contributed by atoms with Crippen LogP contribution in [-0.4, -0.2) is 65.1 Å². The number of anilines is 1. The fraction of sp³-hybridized carbons (Fsp3) is 0.462. The summed E-state index contributed by atoms with van der Waals surface area (Å²) in [7, 11) is 0. The molecule has 0 radical (unpaired) electrons. The van der Waals surface area contributed by atoms with Crippen LogP contribution in [0.15, 0.2) is 54.6 Å². The van der Waals surface area contributed by atoms with Gasteiger partial charge in [0.1, 0.15) is 0 Å². The maximum Gasteiger partial charge on any atom is 0.317 e. The van der Waals surface area contributed by atoms with Gasteiger partial charge in [-0.2, -0.15) is 0 Å². The maximum atomic E-state index is 13.1. The maximum absolute atomic E-state index is 13.1. The monoisotopic (exact) mass is 463 g/mol. The molecule has 1 N–H and O–H groups in total. The Kier molecular flexibility index (Phi) is 6.51. The first kappa shape index (κ1) is 22.2. The molecule has 2 aromatic carbocycles. The largest absolute Gasteiger partial charge is 0.342 e. The molecule has 2 fully saturated rings. The third-order valence-corrected chi connectivity index (χ3v) is 8.01. The van der Waals surface area contributed by atoms with E-state index in [0.29, 0.717) is 0 Å². The number of piperidine rings is 1. The summed E-state index contributed by atoms with van der Waals surface area (Å²) >= 11 is 1.74. The summed E-state index contributed by atoms with van der Waals surface area (Å²) in [5.41, 5.74) is 2.41. The minimum atomic E-state index is 0.0832. The second-order valence-corrected chi connectivity index (χ2v) is 10.5. The molecular formula is C26H33N5OS. The van der Waals surface area contributed by atoms with Gasteiger partial charge in [-0.1, -0.05) is 53.8 Å². The van der Waals surface area contributed by atoms with Crippen LogP contribution in [0.4, 0.5) is 9.93 Å². The van der Waals surface area contributed by atoms with E-state index >= 15 is 0 Å². The number of fused-ring (bicyclic) bond motifs is 1. The standard InChI is InChI=1S/C26H33N5OS/c1-19-17-31(26-28-23-10-6-7-11-24(23)33-26)20(2)16-30(19)25(32)27-22-12-14-29(15-13-22)18-21-8-4-3-5-9-21/h3-11,19-20,22H,12-18H2,1-2H3,(H,27,32)/t19-,20+/m1/s1. The number of thiazole rings is 1. The molecule has 0 aliphatic carbocycles. The van der Waals surface area contributed by atoms with Gasteiger partial charge in [-0.05, 0) is 44.4 Å². The van der Waals surface area contributed by atoms with Crippen LogP contribution in [0.1, 0.15) is 32.3 Å². The molecule has 2 atom stereocenters. The summed E-state index contributed by atoms with van der Waals surface area (Å²) in [5.74, 6) is 0. The van der Waals surface area contributed by atoms with Crippen LogP contribution in [0.25, 0.3) is 10.2 Å². The predicted molar refractivity (Wildman–Crippen MR) is 136 cm³/mol. The molecule has 5 rings (SSSR count). The highest BCUT2D eigenvalue weighted by molar-refractivity contribution is 7.22. The molecule has 174 valence electrons. The smallest absolute Gasteiger partial charge is 0.317 e. The van der Waals surface area contributed by atoms with Crippen molar-refractivity contribution < 1.29 is 4.79 Å². The van der Waals surface area contributed by atoms with Crippen molar-refractivity contribution >= 4 is 32.7 Å². The Balaban J connectivity index is 1.14. The predicted octanol–water partition coefficient (Wildman–Crippen LogP) is 4.57. The Morgan fingerprint density at radius 2 is 1.73 bits per heavy atom. The Morgan fingerprint density at radius 3 is 2.48 bits per heavy atom. The summed E-state index contributed by atoms with van der Waals surface area (Å²) < 4.78 is 1.21. The minimum absolute atomic E-state index is 0.0832. The average molecular weight is 464 g/mol. The number of carbonyl (C=O) groups is 1. The zero-order chi connectivity index (χ0) is 22.8. The normalized spacial score (nSPS) is 22.6. The summed E-state index contributed by atoms with van der Waals surface area (Å²) in [6.45, 7) is 8.91. The highest BCUT2D eigenvalue weighted by Gasteiger charge is 2.34. The van der Waals surface area contributed by atoms with Gasteiger partial charge in [-0.25, -0.2) is 9.78 Å². The zero-order valence-corrected chi connectivity index (χ0v) is 20.3. The van der Waals surface area contributed by atoms with Crippen molar-refractivity contribution in [3.05, 3.63) is 60.2 Å². The van der Waals surface area contributed by atoms with E-state index in [4.69, 9.17) is 4.98 Å². The SMILES string of the molecule is C[C@@H]1CN(c2nc3ccccc3s2)[C@@H](C)CN1C(=O)NC1CCN(Cc2ccccc2)CC1. The molecule has 33 heavy (non-hydrogen) atoms. The van der Waals surface area contributed by atoms with E-state index in [1.54, 1.807) is 11.3 Å². The molecule has 7 heteroatoms. The molecular weight excluding hydrogens is 430 g/mol. The fourth-order valence-electron chi connectivity index (χ4n) is 4.99. The van der Waals surface area contributed by atoms with Crippen molar-refractivity contribution in [1.82, 2.24) is 20.1 Å². The second kappa shape index (κ2) is 9.69. The number of hydrogen-bond donors (Lipinski definition) is 1. The molecule has 3 heterocycles. The summed E-state index contributed by atoms with van der Waals surface area (Å²) in [4.78, 5) is 24.9. The van der Waals surface area contributed by atoms with Crippen molar-refractivity contribution in [1.29, 1.82) is 0 Å². The Labute approximate surface area is 200 Å². The summed E-state index contributed by atoms with van der Waals surface area (Å²) in [5, 5.41) is 4.39. The molecule has 0 unspecified atom stereocenters. The second-order valence-electron chi connectivity index (χ2n) is 9.45. The van der Waals surface area contributed by atoms with Gasteiger partial charge in [-0.3, -0.25) is 4.90 Å². The topological polar surface area (TPSA) is 51.7 Å². The average Bonchev–Trinajstić information content (AvgIpc) is 3.26. The zero-order valence-electron chi connectivity index (χ0n) is 19.5. The summed E-state index contributed by atoms with van der Waals surface area (Å²) in [6, 6.07) is 19.6. The molecule has 1 aromatic heterocycles. The van der Waals surface area contributed by atoms with Gasteiger partial charge in [-0.15, -0.1) is 0 Å². The number of benzene rings is 2. The van der Waals surface area contributed by atoms with Crippen molar-refractivity contribution in [2.45, 2.75) is 51.4 Å². The third-order valence-electron chi connectivity index (χ3n) is 6.94. The molecule has 2 amide bonds. The Bertz CT molecular complexity index is 1050. The third kappa shape index (κ3) is 4.99. The summed E-state index contributed by atoms with van der Waals surface area (Å²) in [6.07, 6.45) is 2.02. The van der Waals surface area contributed by atoms with Gasteiger partial charge >= 0.3 is 6.03 Å². The van der Waals surface area contributed by atoms with E-state index in [-0.39, 0.29) is 24.2 Å². The quantitative estimate of drug-likeness (QED) is 0.616. The van der Waals surface area contributed by atoms with Crippen molar-refractivity contribution in [2.75, 3.05) is 31.1 Å². The number of urea groups is 1. The molecule has 0 bridgehead atoms. The molecule has 2 saturated heterocycles. The number of nitrogens with zero attached hydrogens (tertiary/aromatic N) is 4. The van der Waals surface area contributed by atoms with E-state index in [0.717, 1.165) is 56.2 Å². The van der Waals surface area contributed by atoms with Gasteiger partial charge in [0.2, 0.25) is 0 Å². The van der Waals surface area contributed by atoms with Crippen molar-refractivity contribution in [3.63, 3.8) is 0 Å². The number of para-hydroxylation sites is 1. The molecule has 0 spiro atoms. The van der Waals surface area contributed by atoms with Gasteiger partial charge in [0.05, 0.1) is 10.2 Å². The molecule has 3 aromatic rings.